The van der Waals surface area contributed by atoms with Gasteiger partial charge in [-0.05, 0) is 24.3 Å². The summed E-state index contributed by atoms with van der Waals surface area (Å²) in [5, 5.41) is 14.6. The topological polar surface area (TPSA) is 104 Å². The van der Waals surface area contributed by atoms with Gasteiger partial charge in [0.2, 0.25) is 5.95 Å². The molecule has 3 heterocycles. The van der Waals surface area contributed by atoms with Crippen LogP contribution < -0.4 is 11.1 Å². The first-order valence-corrected chi connectivity index (χ1v) is 9.85. The first-order valence-electron chi connectivity index (χ1n) is 8.97. The minimum Gasteiger partial charge on any atom is -0.396 e. The van der Waals surface area contributed by atoms with Crippen LogP contribution in [0.5, 0.6) is 0 Å². The molecule has 0 fully saturated rings. The van der Waals surface area contributed by atoms with Gasteiger partial charge in [-0.25, -0.2) is 4.98 Å². The summed E-state index contributed by atoms with van der Waals surface area (Å²) in [6.45, 7) is 3.31. The number of aromatic nitrogens is 2. The van der Waals surface area contributed by atoms with Crippen LogP contribution >= 0.6 is 11.3 Å². The van der Waals surface area contributed by atoms with Gasteiger partial charge in [0.1, 0.15) is 5.82 Å². The predicted molar refractivity (Wildman–Crippen MR) is 103 cm³/mol. The average Bonchev–Trinajstić information content (AvgIpc) is 3.16. The number of carbonyl (C=O) groups is 1. The fourth-order valence-corrected chi connectivity index (χ4v) is 3.96. The zero-order valence-corrected chi connectivity index (χ0v) is 15.8. The Morgan fingerprint density at radius 1 is 1.46 bits per heavy atom. The summed E-state index contributed by atoms with van der Waals surface area (Å²) in [7, 11) is 0. The lowest BCUT2D eigenvalue weighted by Gasteiger charge is -2.30. The van der Waals surface area contributed by atoms with Gasteiger partial charge in [0.25, 0.3) is 5.91 Å². The molecular formula is C18H25N5O2S. The molecule has 8 heteroatoms. The number of rotatable bonds is 7. The molecule has 3 rings (SSSR count). The van der Waals surface area contributed by atoms with E-state index in [1.54, 1.807) is 0 Å². The van der Waals surface area contributed by atoms with Gasteiger partial charge in [-0.3, -0.25) is 4.79 Å². The maximum Gasteiger partial charge on any atom is 0.264 e. The SMILES string of the molecule is CCC[C@@H](CCO)Nc1nc(N)nc2c1CN(C(=O)c1cccs1)CC2. The highest BCUT2D eigenvalue weighted by atomic mass is 32.1. The van der Waals surface area contributed by atoms with Crippen molar-refractivity contribution in [2.75, 3.05) is 24.2 Å². The zero-order chi connectivity index (χ0) is 18.5. The van der Waals surface area contributed by atoms with E-state index in [0.29, 0.717) is 31.7 Å². The van der Waals surface area contributed by atoms with Crippen molar-refractivity contribution < 1.29 is 9.90 Å². The molecule has 26 heavy (non-hydrogen) atoms. The first kappa shape index (κ1) is 18.6. The molecule has 1 amide bonds. The van der Waals surface area contributed by atoms with Gasteiger partial charge in [0.05, 0.1) is 17.1 Å². The Balaban J connectivity index is 1.84. The number of thiophene rings is 1. The summed E-state index contributed by atoms with van der Waals surface area (Å²) in [6, 6.07) is 3.85. The van der Waals surface area contributed by atoms with Gasteiger partial charge < -0.3 is 21.1 Å². The van der Waals surface area contributed by atoms with Crippen molar-refractivity contribution >= 4 is 29.0 Å². The molecule has 2 aromatic rings. The highest BCUT2D eigenvalue weighted by Gasteiger charge is 2.27. The van der Waals surface area contributed by atoms with Crippen molar-refractivity contribution in [3.8, 4) is 0 Å². The van der Waals surface area contributed by atoms with Gasteiger partial charge in [-0.2, -0.15) is 4.98 Å². The molecule has 2 aromatic heterocycles. The van der Waals surface area contributed by atoms with Gasteiger partial charge in [-0.15, -0.1) is 11.3 Å². The Kier molecular flexibility index (Phi) is 6.05. The van der Waals surface area contributed by atoms with E-state index in [1.165, 1.54) is 11.3 Å². The second-order valence-corrected chi connectivity index (χ2v) is 7.40. The van der Waals surface area contributed by atoms with Crippen LogP contribution in [0.15, 0.2) is 17.5 Å². The molecule has 1 aliphatic heterocycles. The molecule has 0 radical (unpaired) electrons. The molecule has 0 aromatic carbocycles. The summed E-state index contributed by atoms with van der Waals surface area (Å²) in [6.07, 6.45) is 3.23. The number of nitrogens with zero attached hydrogens (tertiary/aromatic N) is 3. The van der Waals surface area contributed by atoms with E-state index in [1.807, 2.05) is 22.4 Å². The van der Waals surface area contributed by atoms with Gasteiger partial charge in [-0.1, -0.05) is 19.4 Å². The van der Waals surface area contributed by atoms with E-state index in [9.17, 15) is 9.90 Å². The van der Waals surface area contributed by atoms with Gasteiger partial charge >= 0.3 is 0 Å². The van der Waals surface area contributed by atoms with Crippen molar-refractivity contribution in [2.45, 2.75) is 45.2 Å². The molecule has 7 nitrogen and oxygen atoms in total. The van der Waals surface area contributed by atoms with Crippen LogP contribution in [0.25, 0.3) is 0 Å². The van der Waals surface area contributed by atoms with E-state index >= 15 is 0 Å². The Hall–Kier alpha value is -2.19. The fraction of sp³-hybridized carbons (Fsp3) is 0.500. The molecule has 1 atom stereocenters. The summed E-state index contributed by atoms with van der Waals surface area (Å²) < 4.78 is 0. The van der Waals surface area contributed by atoms with E-state index < -0.39 is 0 Å². The number of carbonyl (C=O) groups excluding carboxylic acids is 1. The van der Waals surface area contributed by atoms with Crippen LogP contribution in [-0.2, 0) is 13.0 Å². The number of nitrogens with two attached hydrogens (primary N) is 1. The number of aliphatic hydroxyl groups excluding tert-OH is 1. The smallest absolute Gasteiger partial charge is 0.264 e. The average molecular weight is 375 g/mol. The zero-order valence-electron chi connectivity index (χ0n) is 14.9. The standard InChI is InChI=1S/C18H25N5O2S/c1-2-4-12(7-9-24)20-16-13-11-23(17(25)15-5-3-10-26-15)8-6-14(13)21-18(19)22-16/h3,5,10,12,24H,2,4,6-9,11H2,1H3,(H3,19,20,21,22)/t12-/m0/s1. The minimum atomic E-state index is 0.0360. The molecule has 0 saturated carbocycles. The normalized spacial score (nSPS) is 14.8. The number of nitrogens with one attached hydrogen (secondary N) is 1. The predicted octanol–water partition coefficient (Wildman–Crippen LogP) is 2.28. The van der Waals surface area contributed by atoms with Crippen molar-refractivity contribution in [3.63, 3.8) is 0 Å². The summed E-state index contributed by atoms with van der Waals surface area (Å²) >= 11 is 1.45. The van der Waals surface area contributed by atoms with E-state index in [4.69, 9.17) is 5.73 Å². The van der Waals surface area contributed by atoms with Crippen molar-refractivity contribution in [1.82, 2.24) is 14.9 Å². The maximum absolute atomic E-state index is 12.7. The largest absolute Gasteiger partial charge is 0.396 e. The summed E-state index contributed by atoms with van der Waals surface area (Å²) in [5.41, 5.74) is 7.71. The molecular weight excluding hydrogens is 350 g/mol. The minimum absolute atomic E-state index is 0.0360. The van der Waals surface area contributed by atoms with Crippen LogP contribution in [0.3, 0.4) is 0 Å². The van der Waals surface area contributed by atoms with E-state index in [-0.39, 0.29) is 24.5 Å². The lowest BCUT2D eigenvalue weighted by molar-refractivity contribution is 0.0739. The van der Waals surface area contributed by atoms with Gasteiger partial charge in [0, 0.05) is 31.2 Å². The monoisotopic (exact) mass is 375 g/mol. The van der Waals surface area contributed by atoms with E-state index in [0.717, 1.165) is 29.0 Å². The Morgan fingerprint density at radius 2 is 2.31 bits per heavy atom. The number of fused-ring (bicyclic) bond motifs is 1. The molecule has 0 spiro atoms. The molecule has 1 aliphatic rings. The van der Waals surface area contributed by atoms with Crippen molar-refractivity contribution in [2.24, 2.45) is 0 Å². The number of anilines is 2. The molecule has 0 unspecified atom stereocenters. The summed E-state index contributed by atoms with van der Waals surface area (Å²) in [4.78, 5) is 24.0. The lowest BCUT2D eigenvalue weighted by atomic mass is 10.0. The Bertz CT molecular complexity index is 744. The van der Waals surface area contributed by atoms with Gasteiger partial charge in [0.15, 0.2) is 0 Å². The molecule has 0 bridgehead atoms. The second-order valence-electron chi connectivity index (χ2n) is 6.45. The highest BCUT2D eigenvalue weighted by molar-refractivity contribution is 7.12. The van der Waals surface area contributed by atoms with Crippen LogP contribution in [-0.4, -0.2) is 45.1 Å². The quantitative estimate of drug-likeness (QED) is 0.686. The molecule has 0 aliphatic carbocycles. The third kappa shape index (κ3) is 4.13. The molecule has 0 saturated heterocycles. The van der Waals surface area contributed by atoms with Crippen LogP contribution in [0, 0.1) is 0 Å². The maximum atomic E-state index is 12.7. The van der Waals surface area contributed by atoms with Crippen molar-refractivity contribution in [3.05, 3.63) is 33.6 Å². The third-order valence-corrected chi connectivity index (χ3v) is 5.41. The third-order valence-electron chi connectivity index (χ3n) is 4.55. The Labute approximate surface area is 157 Å². The van der Waals surface area contributed by atoms with E-state index in [2.05, 4.69) is 22.2 Å². The van der Waals surface area contributed by atoms with Crippen LogP contribution in [0.1, 0.15) is 47.1 Å². The second kappa shape index (κ2) is 8.46. The fourth-order valence-electron chi connectivity index (χ4n) is 3.27. The molecule has 140 valence electrons. The number of hydrogen-bond acceptors (Lipinski definition) is 7. The lowest BCUT2D eigenvalue weighted by Crippen LogP contribution is -2.37. The Morgan fingerprint density at radius 3 is 3.00 bits per heavy atom. The van der Waals surface area contributed by atoms with Crippen LogP contribution in [0.4, 0.5) is 11.8 Å². The summed E-state index contributed by atoms with van der Waals surface area (Å²) in [5.74, 6) is 0.959. The number of amides is 1. The molecule has 4 N–H and O–H groups in total. The first-order chi connectivity index (χ1) is 12.6. The number of nitrogen functional groups attached to an aromatic ring is 1. The highest BCUT2D eigenvalue weighted by Crippen LogP contribution is 2.27. The number of hydrogen-bond donors (Lipinski definition) is 3. The number of aliphatic hydroxyl groups is 1. The van der Waals surface area contributed by atoms with Crippen molar-refractivity contribution in [1.29, 1.82) is 0 Å². The van der Waals surface area contributed by atoms with Crippen LogP contribution in [0.2, 0.25) is 0 Å².